The van der Waals surface area contributed by atoms with Crippen LogP contribution in [0.1, 0.15) is 17.3 Å². The van der Waals surface area contributed by atoms with E-state index in [1.165, 1.54) is 0 Å². The number of anilines is 1. The first kappa shape index (κ1) is 12.7. The summed E-state index contributed by atoms with van der Waals surface area (Å²) in [6, 6.07) is 5.40. The highest BCUT2D eigenvalue weighted by molar-refractivity contribution is 8.01. The average Bonchev–Trinajstić information content (AvgIpc) is 2.89. The van der Waals surface area contributed by atoms with Gasteiger partial charge in [0.2, 0.25) is 5.91 Å². The number of carbonyl (C=O) groups is 1. The number of hydrogen-bond acceptors (Lipinski definition) is 5. The summed E-state index contributed by atoms with van der Waals surface area (Å²) < 4.78 is 1.01. The first-order valence-corrected chi connectivity index (χ1v) is 7.53. The van der Waals surface area contributed by atoms with Crippen LogP contribution in [0.15, 0.2) is 32.8 Å². The van der Waals surface area contributed by atoms with E-state index in [4.69, 9.17) is 5.73 Å². The highest BCUT2D eigenvalue weighted by Crippen LogP contribution is 2.38. The molecule has 0 fully saturated rings. The lowest BCUT2D eigenvalue weighted by atomic mass is 10.1. The Labute approximate surface area is 119 Å². The van der Waals surface area contributed by atoms with Gasteiger partial charge in [-0.15, -0.1) is 11.3 Å². The van der Waals surface area contributed by atoms with Crippen LogP contribution < -0.4 is 10.6 Å². The summed E-state index contributed by atoms with van der Waals surface area (Å²) in [5.74, 6) is -0.0535. The minimum Gasteiger partial charge on any atom is -0.316 e. The third-order valence-electron chi connectivity index (χ3n) is 3.10. The van der Waals surface area contributed by atoms with Gasteiger partial charge >= 0.3 is 0 Å². The minimum atomic E-state index is -0.527. The Kier molecular flexibility index (Phi) is 3.08. The van der Waals surface area contributed by atoms with Crippen LogP contribution in [0.2, 0.25) is 0 Å². The predicted octanol–water partition coefficient (Wildman–Crippen LogP) is 2.58. The van der Waals surface area contributed by atoms with Crippen molar-refractivity contribution in [3.63, 3.8) is 0 Å². The number of carbonyl (C=O) groups excluding carboxylic acids is 1. The SMILES string of the molecule is Cc1csc(Sc2ccc3c(c2)N(C)C(=O)C3N)n1. The standard InChI is InChI=1S/C13H13N3OS2/c1-7-6-18-13(15-7)19-8-3-4-9-10(5-8)16(2)12(17)11(9)14/h3-6,11H,14H2,1-2H3. The van der Waals surface area contributed by atoms with E-state index in [9.17, 15) is 4.79 Å². The molecule has 1 amide bonds. The Morgan fingerprint density at radius 1 is 1.47 bits per heavy atom. The van der Waals surface area contributed by atoms with Gasteiger partial charge in [-0.2, -0.15) is 0 Å². The molecule has 6 heteroatoms. The van der Waals surface area contributed by atoms with Gasteiger partial charge in [0.15, 0.2) is 4.34 Å². The number of nitrogens with zero attached hydrogens (tertiary/aromatic N) is 2. The molecular formula is C13H13N3OS2. The topological polar surface area (TPSA) is 59.2 Å². The zero-order valence-corrected chi connectivity index (χ0v) is 12.2. The van der Waals surface area contributed by atoms with Crippen molar-refractivity contribution in [2.75, 3.05) is 11.9 Å². The third-order valence-corrected chi connectivity index (χ3v) is 5.14. The fraction of sp³-hybridized carbons (Fsp3) is 0.231. The van der Waals surface area contributed by atoms with Crippen LogP contribution in [0.5, 0.6) is 0 Å². The van der Waals surface area contributed by atoms with Crippen LogP contribution in [0, 0.1) is 6.92 Å². The van der Waals surface area contributed by atoms with E-state index >= 15 is 0 Å². The number of amides is 1. The molecule has 0 radical (unpaired) electrons. The second-order valence-corrected chi connectivity index (χ2v) is 6.63. The minimum absolute atomic E-state index is 0.0535. The molecule has 0 spiro atoms. The van der Waals surface area contributed by atoms with Crippen molar-refractivity contribution in [2.24, 2.45) is 5.73 Å². The van der Waals surface area contributed by atoms with Gasteiger partial charge in [-0.3, -0.25) is 4.79 Å². The monoisotopic (exact) mass is 291 g/mol. The number of benzene rings is 1. The summed E-state index contributed by atoms with van der Waals surface area (Å²) in [4.78, 5) is 18.9. The molecule has 1 unspecified atom stereocenters. The second-order valence-electron chi connectivity index (χ2n) is 4.45. The Balaban J connectivity index is 1.92. The van der Waals surface area contributed by atoms with Crippen molar-refractivity contribution in [1.29, 1.82) is 0 Å². The molecule has 0 saturated carbocycles. The summed E-state index contributed by atoms with van der Waals surface area (Å²) in [6.45, 7) is 1.98. The zero-order valence-electron chi connectivity index (χ0n) is 10.6. The number of rotatable bonds is 2. The molecule has 0 saturated heterocycles. The molecule has 19 heavy (non-hydrogen) atoms. The largest absolute Gasteiger partial charge is 0.316 e. The smallest absolute Gasteiger partial charge is 0.248 e. The number of nitrogens with two attached hydrogens (primary N) is 1. The highest BCUT2D eigenvalue weighted by atomic mass is 32.2. The van der Waals surface area contributed by atoms with Crippen molar-refractivity contribution >= 4 is 34.7 Å². The van der Waals surface area contributed by atoms with E-state index in [1.807, 2.05) is 30.5 Å². The highest BCUT2D eigenvalue weighted by Gasteiger charge is 2.32. The Morgan fingerprint density at radius 2 is 2.26 bits per heavy atom. The normalized spacial score (nSPS) is 17.9. The summed E-state index contributed by atoms with van der Waals surface area (Å²) in [5, 5.41) is 2.03. The van der Waals surface area contributed by atoms with E-state index in [-0.39, 0.29) is 5.91 Å². The molecule has 1 aliphatic heterocycles. The first-order chi connectivity index (χ1) is 9.06. The van der Waals surface area contributed by atoms with Gasteiger partial charge in [0.1, 0.15) is 6.04 Å². The van der Waals surface area contributed by atoms with Crippen LogP contribution in [-0.2, 0) is 4.79 Å². The quantitative estimate of drug-likeness (QED) is 0.924. The maximum atomic E-state index is 11.8. The average molecular weight is 291 g/mol. The Morgan fingerprint density at radius 3 is 2.95 bits per heavy atom. The van der Waals surface area contributed by atoms with Gasteiger partial charge in [-0.05, 0) is 19.1 Å². The summed E-state index contributed by atoms with van der Waals surface area (Å²) in [5.41, 5.74) is 8.70. The number of hydrogen-bond donors (Lipinski definition) is 1. The van der Waals surface area contributed by atoms with E-state index in [2.05, 4.69) is 4.98 Å². The van der Waals surface area contributed by atoms with Crippen molar-refractivity contribution in [3.05, 3.63) is 34.8 Å². The molecule has 2 N–H and O–H groups in total. The summed E-state index contributed by atoms with van der Waals surface area (Å²) in [7, 11) is 1.76. The van der Waals surface area contributed by atoms with Gasteiger partial charge in [-0.1, -0.05) is 17.8 Å². The van der Waals surface area contributed by atoms with Crippen LogP contribution in [0.4, 0.5) is 5.69 Å². The molecule has 98 valence electrons. The zero-order chi connectivity index (χ0) is 13.6. The molecule has 0 aliphatic carbocycles. The molecule has 0 bridgehead atoms. The maximum absolute atomic E-state index is 11.8. The molecule has 1 aliphatic rings. The second kappa shape index (κ2) is 4.63. The molecule has 1 aromatic heterocycles. The lowest BCUT2D eigenvalue weighted by Gasteiger charge is -2.10. The fourth-order valence-electron chi connectivity index (χ4n) is 2.08. The molecule has 1 aromatic carbocycles. The third kappa shape index (κ3) is 2.16. The first-order valence-electron chi connectivity index (χ1n) is 5.83. The van der Waals surface area contributed by atoms with Crippen LogP contribution >= 0.6 is 23.1 Å². The van der Waals surface area contributed by atoms with Crippen LogP contribution in [-0.4, -0.2) is 17.9 Å². The van der Waals surface area contributed by atoms with Crippen molar-refractivity contribution in [3.8, 4) is 0 Å². The molecule has 2 heterocycles. The maximum Gasteiger partial charge on any atom is 0.248 e. The van der Waals surface area contributed by atoms with E-state index in [0.29, 0.717) is 0 Å². The van der Waals surface area contributed by atoms with E-state index in [0.717, 1.165) is 26.2 Å². The predicted molar refractivity (Wildman–Crippen MR) is 77.8 cm³/mol. The van der Waals surface area contributed by atoms with Crippen LogP contribution in [0.25, 0.3) is 0 Å². The number of aryl methyl sites for hydroxylation is 1. The Bertz CT molecular complexity index is 653. The molecular weight excluding hydrogens is 278 g/mol. The van der Waals surface area contributed by atoms with Gasteiger partial charge in [0.05, 0.1) is 0 Å². The van der Waals surface area contributed by atoms with Gasteiger partial charge in [0, 0.05) is 34.3 Å². The molecule has 2 aromatic rings. The van der Waals surface area contributed by atoms with Crippen LogP contribution in [0.3, 0.4) is 0 Å². The van der Waals surface area contributed by atoms with E-state index in [1.54, 1.807) is 35.0 Å². The number of thiazole rings is 1. The number of likely N-dealkylation sites (N-methyl/N-ethyl adjacent to an activating group) is 1. The lowest BCUT2D eigenvalue weighted by Crippen LogP contribution is -2.27. The van der Waals surface area contributed by atoms with Crippen molar-refractivity contribution in [2.45, 2.75) is 22.2 Å². The van der Waals surface area contributed by atoms with Crippen molar-refractivity contribution < 1.29 is 4.79 Å². The van der Waals surface area contributed by atoms with Gasteiger partial charge in [-0.25, -0.2) is 4.98 Å². The number of aromatic nitrogens is 1. The van der Waals surface area contributed by atoms with Gasteiger partial charge in [0.25, 0.3) is 0 Å². The number of fused-ring (bicyclic) bond motifs is 1. The summed E-state index contributed by atoms with van der Waals surface area (Å²) in [6.07, 6.45) is 0. The lowest BCUT2D eigenvalue weighted by molar-refractivity contribution is -0.118. The molecule has 1 atom stereocenters. The molecule has 3 rings (SSSR count). The Hall–Kier alpha value is -1.37. The van der Waals surface area contributed by atoms with Crippen molar-refractivity contribution in [1.82, 2.24) is 4.98 Å². The van der Waals surface area contributed by atoms with E-state index < -0.39 is 6.04 Å². The summed E-state index contributed by atoms with van der Waals surface area (Å²) >= 11 is 3.23. The molecule has 4 nitrogen and oxygen atoms in total. The fourth-order valence-corrected chi connectivity index (χ4v) is 3.93. The van der Waals surface area contributed by atoms with Gasteiger partial charge < -0.3 is 10.6 Å².